The maximum atomic E-state index is 5.66. The molecule has 18 heavy (non-hydrogen) atoms. The van der Waals surface area contributed by atoms with E-state index in [1.54, 1.807) is 0 Å². The van der Waals surface area contributed by atoms with Crippen LogP contribution in [0.4, 0.5) is 5.69 Å². The molecule has 0 spiro atoms. The lowest BCUT2D eigenvalue weighted by Crippen LogP contribution is -2.21. The first-order chi connectivity index (χ1) is 8.84. The second-order valence-corrected chi connectivity index (χ2v) is 5.02. The number of nitrogens with one attached hydrogen (secondary N) is 1. The number of nitrogens with two attached hydrogens (primary N) is 1. The van der Waals surface area contributed by atoms with Crippen molar-refractivity contribution in [3.05, 3.63) is 29.8 Å². The van der Waals surface area contributed by atoms with Crippen molar-refractivity contribution in [1.29, 1.82) is 0 Å². The third-order valence-corrected chi connectivity index (χ3v) is 3.47. The Morgan fingerprint density at radius 3 is 2.78 bits per heavy atom. The summed E-state index contributed by atoms with van der Waals surface area (Å²) in [6.45, 7) is 3.12. The van der Waals surface area contributed by atoms with Crippen molar-refractivity contribution in [3.63, 3.8) is 0 Å². The summed E-state index contributed by atoms with van der Waals surface area (Å²) in [4.78, 5) is 0. The molecule has 0 aromatic heterocycles. The predicted octanol–water partition coefficient (Wildman–Crippen LogP) is 2.36. The number of hydrogen-bond donors (Lipinski definition) is 2. The summed E-state index contributed by atoms with van der Waals surface area (Å²) in [5.41, 5.74) is 7.86. The molecule has 1 fully saturated rings. The summed E-state index contributed by atoms with van der Waals surface area (Å²) in [7, 11) is 0. The van der Waals surface area contributed by atoms with Gasteiger partial charge in [0.25, 0.3) is 0 Å². The van der Waals surface area contributed by atoms with E-state index in [2.05, 4.69) is 17.4 Å². The van der Waals surface area contributed by atoms with Crippen LogP contribution < -0.4 is 11.1 Å². The Hall–Kier alpha value is -1.06. The molecule has 0 amide bonds. The van der Waals surface area contributed by atoms with Crippen LogP contribution in [0.15, 0.2) is 24.3 Å². The second kappa shape index (κ2) is 7.39. The molecule has 1 aromatic carbocycles. The summed E-state index contributed by atoms with van der Waals surface area (Å²) in [6.07, 6.45) is 6.44. The second-order valence-electron chi connectivity index (χ2n) is 5.02. The highest BCUT2D eigenvalue weighted by atomic mass is 16.5. The van der Waals surface area contributed by atoms with Gasteiger partial charge in [0.2, 0.25) is 0 Å². The van der Waals surface area contributed by atoms with Crippen molar-refractivity contribution in [3.8, 4) is 0 Å². The molecular weight excluding hydrogens is 224 g/mol. The first-order valence-electron chi connectivity index (χ1n) is 7.01. The van der Waals surface area contributed by atoms with Crippen molar-refractivity contribution in [2.75, 3.05) is 25.4 Å². The maximum Gasteiger partial charge on any atom is 0.0588 e. The Balaban J connectivity index is 1.49. The van der Waals surface area contributed by atoms with E-state index in [9.17, 15) is 0 Å². The van der Waals surface area contributed by atoms with Crippen LogP contribution in [-0.2, 0) is 11.2 Å². The van der Waals surface area contributed by atoms with Crippen LogP contribution >= 0.6 is 0 Å². The Morgan fingerprint density at radius 1 is 1.22 bits per heavy atom. The Kier molecular flexibility index (Phi) is 5.49. The molecule has 2 rings (SSSR count). The number of nitrogen functional groups attached to an aromatic ring is 1. The summed E-state index contributed by atoms with van der Waals surface area (Å²) in [6, 6.07) is 8.17. The minimum absolute atomic E-state index is 0.509. The standard InChI is InChI=1S/C15H24N2O/c16-14-7-5-13(6-8-14)3-1-10-17-11-9-15-4-2-12-18-15/h5-8,15,17H,1-4,9-12,16H2. The number of ether oxygens (including phenoxy) is 1. The van der Waals surface area contributed by atoms with Gasteiger partial charge in [0.15, 0.2) is 0 Å². The molecule has 1 aliphatic rings. The van der Waals surface area contributed by atoms with Gasteiger partial charge in [-0.05, 0) is 62.9 Å². The Labute approximate surface area is 110 Å². The maximum absolute atomic E-state index is 5.66. The van der Waals surface area contributed by atoms with Gasteiger partial charge in [0.1, 0.15) is 0 Å². The number of hydrogen-bond acceptors (Lipinski definition) is 3. The van der Waals surface area contributed by atoms with E-state index in [0.29, 0.717) is 6.10 Å². The molecule has 1 saturated heterocycles. The summed E-state index contributed by atoms with van der Waals surface area (Å²) in [5.74, 6) is 0. The number of rotatable bonds is 7. The zero-order chi connectivity index (χ0) is 12.6. The van der Waals surface area contributed by atoms with Gasteiger partial charge < -0.3 is 15.8 Å². The average molecular weight is 248 g/mol. The molecule has 0 radical (unpaired) electrons. The van der Waals surface area contributed by atoms with Crippen molar-refractivity contribution in [2.45, 2.75) is 38.2 Å². The van der Waals surface area contributed by atoms with Gasteiger partial charge in [-0.2, -0.15) is 0 Å². The normalized spacial score (nSPS) is 19.2. The Bertz CT molecular complexity index is 331. The van der Waals surface area contributed by atoms with Gasteiger partial charge >= 0.3 is 0 Å². The van der Waals surface area contributed by atoms with Crippen LogP contribution in [0.5, 0.6) is 0 Å². The highest BCUT2D eigenvalue weighted by Gasteiger charge is 2.14. The van der Waals surface area contributed by atoms with E-state index >= 15 is 0 Å². The van der Waals surface area contributed by atoms with Crippen LogP contribution in [0.3, 0.4) is 0 Å². The lowest BCUT2D eigenvalue weighted by atomic mass is 10.1. The smallest absolute Gasteiger partial charge is 0.0588 e. The van der Waals surface area contributed by atoms with E-state index in [0.717, 1.165) is 38.2 Å². The van der Waals surface area contributed by atoms with E-state index < -0.39 is 0 Å². The highest BCUT2D eigenvalue weighted by molar-refractivity contribution is 5.39. The van der Waals surface area contributed by atoms with E-state index in [4.69, 9.17) is 10.5 Å². The molecule has 0 saturated carbocycles. The molecule has 1 aliphatic heterocycles. The third-order valence-electron chi connectivity index (χ3n) is 3.47. The van der Waals surface area contributed by atoms with Crippen molar-refractivity contribution < 1.29 is 4.74 Å². The number of anilines is 1. The van der Waals surface area contributed by atoms with Crippen molar-refractivity contribution in [1.82, 2.24) is 5.32 Å². The van der Waals surface area contributed by atoms with Crippen LogP contribution in [0.2, 0.25) is 0 Å². The van der Waals surface area contributed by atoms with Crippen molar-refractivity contribution >= 4 is 5.69 Å². The molecule has 100 valence electrons. The van der Waals surface area contributed by atoms with Gasteiger partial charge in [0, 0.05) is 12.3 Å². The van der Waals surface area contributed by atoms with Gasteiger partial charge in [-0.3, -0.25) is 0 Å². The zero-order valence-corrected chi connectivity index (χ0v) is 11.0. The summed E-state index contributed by atoms with van der Waals surface area (Å²) in [5, 5.41) is 3.49. The molecule has 3 N–H and O–H groups in total. The monoisotopic (exact) mass is 248 g/mol. The fourth-order valence-electron chi connectivity index (χ4n) is 2.36. The van der Waals surface area contributed by atoms with E-state index in [1.165, 1.54) is 24.8 Å². The highest BCUT2D eigenvalue weighted by Crippen LogP contribution is 2.14. The molecule has 3 heteroatoms. The number of benzene rings is 1. The van der Waals surface area contributed by atoms with Gasteiger partial charge in [-0.25, -0.2) is 0 Å². The van der Waals surface area contributed by atoms with Crippen LogP contribution in [-0.4, -0.2) is 25.8 Å². The predicted molar refractivity (Wildman–Crippen MR) is 75.6 cm³/mol. The lowest BCUT2D eigenvalue weighted by molar-refractivity contribution is 0.104. The topological polar surface area (TPSA) is 47.3 Å². The molecule has 1 atom stereocenters. The van der Waals surface area contributed by atoms with E-state index in [1.807, 2.05) is 12.1 Å². The molecule has 3 nitrogen and oxygen atoms in total. The minimum Gasteiger partial charge on any atom is -0.399 e. The first-order valence-corrected chi connectivity index (χ1v) is 7.01. The first kappa shape index (κ1) is 13.4. The number of aryl methyl sites for hydroxylation is 1. The van der Waals surface area contributed by atoms with Crippen LogP contribution in [0.25, 0.3) is 0 Å². The summed E-state index contributed by atoms with van der Waals surface area (Å²) < 4.78 is 5.59. The SMILES string of the molecule is Nc1ccc(CCCNCCC2CCCO2)cc1. The fraction of sp³-hybridized carbons (Fsp3) is 0.600. The molecule has 1 heterocycles. The lowest BCUT2D eigenvalue weighted by Gasteiger charge is -2.09. The molecule has 1 aromatic rings. The molecular formula is C15H24N2O. The largest absolute Gasteiger partial charge is 0.399 e. The minimum atomic E-state index is 0.509. The fourth-order valence-corrected chi connectivity index (χ4v) is 2.36. The average Bonchev–Trinajstić information content (AvgIpc) is 2.89. The quantitative estimate of drug-likeness (QED) is 0.575. The van der Waals surface area contributed by atoms with Crippen molar-refractivity contribution in [2.24, 2.45) is 0 Å². The van der Waals surface area contributed by atoms with Gasteiger partial charge in [0.05, 0.1) is 6.10 Å². The third kappa shape index (κ3) is 4.67. The van der Waals surface area contributed by atoms with Gasteiger partial charge in [-0.15, -0.1) is 0 Å². The molecule has 1 unspecified atom stereocenters. The van der Waals surface area contributed by atoms with E-state index in [-0.39, 0.29) is 0 Å². The zero-order valence-electron chi connectivity index (χ0n) is 11.0. The molecule has 0 bridgehead atoms. The summed E-state index contributed by atoms with van der Waals surface area (Å²) >= 11 is 0. The van der Waals surface area contributed by atoms with Gasteiger partial charge in [-0.1, -0.05) is 12.1 Å². The van der Waals surface area contributed by atoms with Crippen LogP contribution in [0, 0.1) is 0 Å². The Morgan fingerprint density at radius 2 is 2.06 bits per heavy atom. The van der Waals surface area contributed by atoms with Crippen LogP contribution in [0.1, 0.15) is 31.2 Å². The molecule has 0 aliphatic carbocycles.